The molecule has 0 spiro atoms. The zero-order chi connectivity index (χ0) is 15.5. The minimum atomic E-state index is -0.104. The number of halogens is 1. The van der Waals surface area contributed by atoms with Crippen molar-refractivity contribution in [1.29, 1.82) is 0 Å². The van der Waals surface area contributed by atoms with Crippen molar-refractivity contribution in [2.45, 2.75) is 57.9 Å². The van der Waals surface area contributed by atoms with Gasteiger partial charge in [-0.15, -0.1) is 12.4 Å². The van der Waals surface area contributed by atoms with Crippen molar-refractivity contribution in [3.05, 3.63) is 11.7 Å². The highest BCUT2D eigenvalue weighted by atomic mass is 35.5. The second-order valence-corrected chi connectivity index (χ2v) is 6.77. The van der Waals surface area contributed by atoms with Crippen molar-refractivity contribution in [1.82, 2.24) is 20.4 Å². The Morgan fingerprint density at radius 2 is 2.18 bits per heavy atom. The van der Waals surface area contributed by atoms with E-state index >= 15 is 0 Å². The van der Waals surface area contributed by atoms with Crippen LogP contribution in [-0.2, 0) is 16.6 Å². The molecule has 1 unspecified atom stereocenters. The van der Waals surface area contributed by atoms with Gasteiger partial charge in [-0.25, -0.2) is 0 Å². The second kappa shape index (κ2) is 7.92. The van der Waals surface area contributed by atoms with E-state index in [9.17, 15) is 4.79 Å². The normalized spacial score (nSPS) is 18.1. The van der Waals surface area contributed by atoms with E-state index in [2.05, 4.69) is 36.2 Å². The van der Waals surface area contributed by atoms with Crippen molar-refractivity contribution < 1.29 is 9.32 Å². The van der Waals surface area contributed by atoms with Crippen LogP contribution in [-0.4, -0.2) is 47.1 Å². The molecule has 22 heavy (non-hydrogen) atoms. The van der Waals surface area contributed by atoms with Gasteiger partial charge in [0.25, 0.3) is 0 Å². The molecule has 1 N–H and O–H groups in total. The number of aromatic nitrogens is 2. The summed E-state index contributed by atoms with van der Waals surface area (Å²) in [5.41, 5.74) is -0.104. The average Bonchev–Trinajstić information content (AvgIpc) is 3.08. The van der Waals surface area contributed by atoms with Crippen LogP contribution in [0.3, 0.4) is 0 Å². The van der Waals surface area contributed by atoms with Crippen molar-refractivity contribution in [3.8, 4) is 0 Å². The lowest BCUT2D eigenvalue weighted by atomic mass is 9.96. The fraction of sp³-hybridized carbons (Fsp3) is 0.800. The fourth-order valence-electron chi connectivity index (χ4n) is 2.40. The predicted molar refractivity (Wildman–Crippen MR) is 87.2 cm³/mol. The van der Waals surface area contributed by atoms with Gasteiger partial charge in [0.2, 0.25) is 11.8 Å². The molecule has 0 radical (unpaired) electrons. The highest BCUT2D eigenvalue weighted by Gasteiger charge is 2.23. The summed E-state index contributed by atoms with van der Waals surface area (Å²) in [5.74, 6) is 1.54. The Morgan fingerprint density at radius 1 is 1.45 bits per heavy atom. The first kappa shape index (κ1) is 18.9. The highest BCUT2D eigenvalue weighted by molar-refractivity contribution is 5.85. The van der Waals surface area contributed by atoms with Crippen LogP contribution in [0.2, 0.25) is 0 Å². The molecule has 0 aromatic carbocycles. The van der Waals surface area contributed by atoms with Gasteiger partial charge in [0.05, 0.1) is 0 Å². The number of aryl methyl sites for hydroxylation is 1. The number of nitrogens with zero attached hydrogens (tertiary/aromatic N) is 3. The summed E-state index contributed by atoms with van der Waals surface area (Å²) in [5, 5.41) is 7.27. The monoisotopic (exact) mass is 330 g/mol. The van der Waals surface area contributed by atoms with E-state index in [1.165, 1.54) is 0 Å². The first-order valence-electron chi connectivity index (χ1n) is 7.67. The molecule has 1 fully saturated rings. The molecule has 1 atom stereocenters. The summed E-state index contributed by atoms with van der Waals surface area (Å²) in [7, 11) is 1.89. The Kier molecular flexibility index (Phi) is 6.81. The van der Waals surface area contributed by atoms with Gasteiger partial charge in [-0.3, -0.25) is 4.79 Å². The molecule has 2 heterocycles. The number of hydrogen-bond donors (Lipinski definition) is 1. The van der Waals surface area contributed by atoms with Crippen LogP contribution < -0.4 is 5.32 Å². The van der Waals surface area contributed by atoms with Crippen LogP contribution in [0.4, 0.5) is 0 Å². The molecule has 1 aromatic heterocycles. The molecule has 1 aliphatic rings. The molecule has 0 saturated carbocycles. The lowest BCUT2D eigenvalue weighted by Gasteiger charge is -2.23. The van der Waals surface area contributed by atoms with E-state index in [1.807, 2.05) is 11.9 Å². The van der Waals surface area contributed by atoms with Gasteiger partial charge in [0, 0.05) is 37.9 Å². The van der Waals surface area contributed by atoms with Gasteiger partial charge in [-0.1, -0.05) is 25.9 Å². The predicted octanol–water partition coefficient (Wildman–Crippen LogP) is 1.93. The lowest BCUT2D eigenvalue weighted by Crippen LogP contribution is -2.38. The molecule has 0 bridgehead atoms. The maximum atomic E-state index is 12.1. The third-order valence-corrected chi connectivity index (χ3v) is 3.90. The fourth-order valence-corrected chi connectivity index (χ4v) is 2.40. The van der Waals surface area contributed by atoms with Gasteiger partial charge in [-0.05, 0) is 19.4 Å². The number of nitrogens with one attached hydrogen (secondary N) is 1. The van der Waals surface area contributed by atoms with Crippen LogP contribution in [0, 0.1) is 0 Å². The maximum absolute atomic E-state index is 12.1. The van der Waals surface area contributed by atoms with Gasteiger partial charge in [-0.2, -0.15) is 4.98 Å². The van der Waals surface area contributed by atoms with Crippen LogP contribution in [0.15, 0.2) is 4.52 Å². The third kappa shape index (κ3) is 4.95. The molecule has 1 aromatic rings. The summed E-state index contributed by atoms with van der Waals surface area (Å²) in [6.45, 7) is 8.06. The SMILES string of the molecule is CN(C(=O)CCCc1nc(C(C)(C)C)no1)C1CCNC1.Cl. The number of rotatable bonds is 5. The molecule has 2 rings (SSSR count). The molecule has 0 aliphatic carbocycles. The van der Waals surface area contributed by atoms with E-state index in [1.54, 1.807) is 0 Å². The molecular weight excluding hydrogens is 304 g/mol. The van der Waals surface area contributed by atoms with E-state index in [-0.39, 0.29) is 23.7 Å². The number of carbonyl (C=O) groups excluding carboxylic acids is 1. The molecule has 6 nitrogen and oxygen atoms in total. The van der Waals surface area contributed by atoms with E-state index in [4.69, 9.17) is 4.52 Å². The minimum Gasteiger partial charge on any atom is -0.341 e. The van der Waals surface area contributed by atoms with E-state index in [0.717, 1.165) is 31.8 Å². The molecule has 1 aliphatic heterocycles. The smallest absolute Gasteiger partial charge is 0.226 e. The van der Waals surface area contributed by atoms with Crippen molar-refractivity contribution in [2.24, 2.45) is 0 Å². The van der Waals surface area contributed by atoms with Crippen molar-refractivity contribution in [2.75, 3.05) is 20.1 Å². The number of carbonyl (C=O) groups is 1. The summed E-state index contributed by atoms with van der Waals surface area (Å²) in [4.78, 5) is 18.4. The highest BCUT2D eigenvalue weighted by Crippen LogP contribution is 2.19. The zero-order valence-electron chi connectivity index (χ0n) is 13.9. The molecule has 7 heteroatoms. The first-order valence-corrected chi connectivity index (χ1v) is 7.67. The topological polar surface area (TPSA) is 71.3 Å². The summed E-state index contributed by atoms with van der Waals surface area (Å²) >= 11 is 0. The largest absolute Gasteiger partial charge is 0.341 e. The van der Waals surface area contributed by atoms with Gasteiger partial charge >= 0.3 is 0 Å². The Balaban J connectivity index is 0.00000242. The Morgan fingerprint density at radius 3 is 2.73 bits per heavy atom. The first-order chi connectivity index (χ1) is 9.88. The van der Waals surface area contributed by atoms with Gasteiger partial charge in [0.15, 0.2) is 5.82 Å². The Hall–Kier alpha value is -1.14. The number of amides is 1. The van der Waals surface area contributed by atoms with Crippen molar-refractivity contribution in [3.63, 3.8) is 0 Å². The van der Waals surface area contributed by atoms with E-state index < -0.39 is 0 Å². The van der Waals surface area contributed by atoms with Crippen LogP contribution in [0.5, 0.6) is 0 Å². The van der Waals surface area contributed by atoms with Gasteiger partial charge < -0.3 is 14.7 Å². The van der Waals surface area contributed by atoms with Crippen LogP contribution in [0.1, 0.15) is 51.7 Å². The summed E-state index contributed by atoms with van der Waals surface area (Å²) in [6, 6.07) is 0.341. The molecule has 1 amide bonds. The molecule has 126 valence electrons. The third-order valence-electron chi connectivity index (χ3n) is 3.90. The van der Waals surface area contributed by atoms with Crippen LogP contribution in [0.25, 0.3) is 0 Å². The minimum absolute atomic E-state index is 0. The Labute approximate surface area is 138 Å². The second-order valence-electron chi connectivity index (χ2n) is 6.77. The Bertz CT molecular complexity index is 478. The number of hydrogen-bond acceptors (Lipinski definition) is 5. The zero-order valence-corrected chi connectivity index (χ0v) is 14.7. The van der Waals surface area contributed by atoms with Crippen molar-refractivity contribution >= 4 is 18.3 Å². The summed E-state index contributed by atoms with van der Waals surface area (Å²) < 4.78 is 5.24. The van der Waals surface area contributed by atoms with E-state index in [0.29, 0.717) is 24.8 Å². The average molecular weight is 331 g/mol. The summed E-state index contributed by atoms with van der Waals surface area (Å²) in [6.07, 6.45) is 2.97. The lowest BCUT2D eigenvalue weighted by molar-refractivity contribution is -0.131. The van der Waals surface area contributed by atoms with Gasteiger partial charge in [0.1, 0.15) is 0 Å². The standard InChI is InChI=1S/C15H26N4O2.ClH/c1-15(2,3)14-17-12(21-18-14)6-5-7-13(20)19(4)11-8-9-16-10-11;/h11,16H,5-10H2,1-4H3;1H. The molecule has 1 saturated heterocycles. The quantitative estimate of drug-likeness (QED) is 0.893. The maximum Gasteiger partial charge on any atom is 0.226 e. The number of likely N-dealkylation sites (N-methyl/N-ethyl adjacent to an activating group) is 1. The molecular formula is C15H27ClN4O2. The van der Waals surface area contributed by atoms with Crippen LogP contribution >= 0.6 is 12.4 Å².